The first kappa shape index (κ1) is 11.9. The summed E-state index contributed by atoms with van der Waals surface area (Å²) in [6, 6.07) is 0.229. The molecule has 3 unspecified atom stereocenters. The Morgan fingerprint density at radius 1 is 1.25 bits per heavy atom. The number of carbonyl (C=O) groups is 1. The highest BCUT2D eigenvalue weighted by molar-refractivity contribution is 5.78. The third kappa shape index (κ3) is 1.75. The Morgan fingerprint density at radius 2 is 1.88 bits per heavy atom. The molecule has 3 saturated carbocycles. The van der Waals surface area contributed by atoms with E-state index in [0.717, 1.165) is 19.3 Å². The molecular formula is C13H23NO2. The van der Waals surface area contributed by atoms with E-state index in [-0.39, 0.29) is 17.4 Å². The van der Waals surface area contributed by atoms with Crippen LogP contribution in [-0.2, 0) is 9.53 Å². The lowest BCUT2D eigenvalue weighted by Gasteiger charge is -2.51. The van der Waals surface area contributed by atoms with Gasteiger partial charge >= 0.3 is 5.97 Å². The molecule has 0 saturated heterocycles. The number of esters is 1. The Morgan fingerprint density at radius 3 is 2.44 bits per heavy atom. The molecule has 0 aromatic carbocycles. The maximum atomic E-state index is 11.9. The molecule has 3 aliphatic rings. The van der Waals surface area contributed by atoms with Crippen molar-refractivity contribution in [3.8, 4) is 0 Å². The van der Waals surface area contributed by atoms with Gasteiger partial charge in [0, 0.05) is 6.04 Å². The van der Waals surface area contributed by atoms with Crippen molar-refractivity contribution < 1.29 is 9.53 Å². The molecule has 92 valence electrons. The minimum absolute atomic E-state index is 0.0163. The van der Waals surface area contributed by atoms with E-state index in [1.54, 1.807) is 0 Å². The SMILES string of the molecule is COC(=O)C12CC(CC(C)C(N)C(C)C1)C2. The second-order valence-electron chi connectivity index (χ2n) is 6.02. The molecule has 3 nitrogen and oxygen atoms in total. The Labute approximate surface area is 97.7 Å². The third-order valence-corrected chi connectivity index (χ3v) is 4.71. The van der Waals surface area contributed by atoms with E-state index in [1.165, 1.54) is 13.5 Å². The Bertz CT molecular complexity index is 284. The number of methoxy groups -OCH3 is 1. The van der Waals surface area contributed by atoms with Crippen molar-refractivity contribution in [2.45, 2.75) is 45.6 Å². The lowest BCUT2D eigenvalue weighted by atomic mass is 9.53. The Hall–Kier alpha value is -0.570. The van der Waals surface area contributed by atoms with Crippen LogP contribution in [0.15, 0.2) is 0 Å². The van der Waals surface area contributed by atoms with Crippen LogP contribution in [0.1, 0.15) is 39.5 Å². The van der Waals surface area contributed by atoms with E-state index in [0.29, 0.717) is 17.8 Å². The van der Waals surface area contributed by atoms with Crippen molar-refractivity contribution in [1.82, 2.24) is 0 Å². The molecule has 2 N–H and O–H groups in total. The number of rotatable bonds is 1. The average molecular weight is 225 g/mol. The monoisotopic (exact) mass is 225 g/mol. The lowest BCUT2D eigenvalue weighted by molar-refractivity contribution is -0.166. The van der Waals surface area contributed by atoms with Gasteiger partial charge in [-0.05, 0) is 43.4 Å². The van der Waals surface area contributed by atoms with Gasteiger partial charge in [0.15, 0.2) is 0 Å². The molecule has 0 radical (unpaired) electrons. The van der Waals surface area contributed by atoms with Gasteiger partial charge in [0.1, 0.15) is 0 Å². The molecule has 3 atom stereocenters. The minimum atomic E-state index is -0.198. The Kier molecular flexibility index (Phi) is 2.99. The molecule has 3 heteroatoms. The molecule has 0 aromatic heterocycles. The normalized spacial score (nSPS) is 47.5. The lowest BCUT2D eigenvalue weighted by Crippen LogP contribution is -2.52. The molecule has 3 fully saturated rings. The summed E-state index contributed by atoms with van der Waals surface area (Å²) in [7, 11) is 1.50. The predicted octanol–water partition coefficient (Wildman–Crippen LogP) is 1.95. The molecule has 0 amide bonds. The molecule has 0 aromatic rings. The van der Waals surface area contributed by atoms with E-state index in [2.05, 4.69) is 13.8 Å². The summed E-state index contributed by atoms with van der Waals surface area (Å²) in [5, 5.41) is 0. The molecular weight excluding hydrogens is 202 g/mol. The van der Waals surface area contributed by atoms with Crippen molar-refractivity contribution in [2.75, 3.05) is 7.11 Å². The van der Waals surface area contributed by atoms with E-state index in [1.807, 2.05) is 0 Å². The number of hydrogen-bond donors (Lipinski definition) is 1. The fourth-order valence-electron chi connectivity index (χ4n) is 3.84. The van der Waals surface area contributed by atoms with Gasteiger partial charge < -0.3 is 10.5 Å². The van der Waals surface area contributed by atoms with Crippen LogP contribution in [0.2, 0.25) is 0 Å². The van der Waals surface area contributed by atoms with E-state index in [4.69, 9.17) is 10.5 Å². The highest BCUT2D eigenvalue weighted by Gasteiger charge is 2.53. The molecule has 0 spiro atoms. The Balaban J connectivity index is 2.14. The highest BCUT2D eigenvalue weighted by atomic mass is 16.5. The second kappa shape index (κ2) is 4.02. The fourth-order valence-corrected chi connectivity index (χ4v) is 3.84. The van der Waals surface area contributed by atoms with Gasteiger partial charge in [0.05, 0.1) is 12.5 Å². The van der Waals surface area contributed by atoms with Crippen LogP contribution in [0.3, 0.4) is 0 Å². The largest absolute Gasteiger partial charge is 0.469 e. The summed E-state index contributed by atoms with van der Waals surface area (Å²) < 4.78 is 4.96. The number of carbonyl (C=O) groups excluding carboxylic acids is 1. The maximum absolute atomic E-state index is 11.9. The molecule has 0 aliphatic heterocycles. The van der Waals surface area contributed by atoms with Crippen LogP contribution < -0.4 is 5.73 Å². The zero-order chi connectivity index (χ0) is 11.9. The van der Waals surface area contributed by atoms with Gasteiger partial charge in [-0.25, -0.2) is 0 Å². The standard InChI is InChI=1S/C13H23NO2/c1-8-4-10-6-13(7-10,12(15)16-3)5-9(2)11(8)14/h8-11H,4-7,14H2,1-3H3. The third-order valence-electron chi connectivity index (χ3n) is 4.71. The number of ether oxygens (including phenoxy) is 1. The van der Waals surface area contributed by atoms with Gasteiger partial charge in [-0.15, -0.1) is 0 Å². The molecule has 3 aliphatic carbocycles. The summed E-state index contributed by atoms with van der Waals surface area (Å²) >= 11 is 0. The average Bonchev–Trinajstić information content (AvgIpc) is 2.21. The topological polar surface area (TPSA) is 52.3 Å². The summed E-state index contributed by atoms with van der Waals surface area (Å²) in [6.45, 7) is 4.41. The van der Waals surface area contributed by atoms with Crippen molar-refractivity contribution >= 4 is 5.97 Å². The first-order valence-electron chi connectivity index (χ1n) is 6.32. The minimum Gasteiger partial charge on any atom is -0.469 e. The van der Waals surface area contributed by atoms with Gasteiger partial charge in [-0.1, -0.05) is 13.8 Å². The molecule has 2 bridgehead atoms. The summed E-state index contributed by atoms with van der Waals surface area (Å²) in [6.07, 6.45) is 4.11. The van der Waals surface area contributed by atoms with Crippen molar-refractivity contribution in [2.24, 2.45) is 28.9 Å². The van der Waals surface area contributed by atoms with Crippen LogP contribution >= 0.6 is 0 Å². The smallest absolute Gasteiger partial charge is 0.311 e. The molecule has 0 heterocycles. The van der Waals surface area contributed by atoms with Gasteiger partial charge in [0.25, 0.3) is 0 Å². The number of hydrogen-bond acceptors (Lipinski definition) is 3. The summed E-state index contributed by atoms with van der Waals surface area (Å²) in [5.41, 5.74) is 6.02. The van der Waals surface area contributed by atoms with Crippen LogP contribution in [0.5, 0.6) is 0 Å². The second-order valence-corrected chi connectivity index (χ2v) is 6.02. The van der Waals surface area contributed by atoms with Crippen molar-refractivity contribution in [3.63, 3.8) is 0 Å². The first-order valence-corrected chi connectivity index (χ1v) is 6.32. The van der Waals surface area contributed by atoms with Crippen molar-refractivity contribution in [3.05, 3.63) is 0 Å². The van der Waals surface area contributed by atoms with Crippen LogP contribution in [0.25, 0.3) is 0 Å². The van der Waals surface area contributed by atoms with Gasteiger partial charge in [-0.3, -0.25) is 4.79 Å². The maximum Gasteiger partial charge on any atom is 0.311 e. The zero-order valence-electron chi connectivity index (χ0n) is 10.5. The van der Waals surface area contributed by atoms with Crippen LogP contribution in [0.4, 0.5) is 0 Å². The molecule has 3 rings (SSSR count). The highest BCUT2D eigenvalue weighted by Crippen LogP contribution is 2.55. The quantitative estimate of drug-likeness (QED) is 0.694. The zero-order valence-corrected chi connectivity index (χ0v) is 10.5. The van der Waals surface area contributed by atoms with Crippen LogP contribution in [-0.4, -0.2) is 19.1 Å². The van der Waals surface area contributed by atoms with E-state index < -0.39 is 0 Å². The first-order chi connectivity index (χ1) is 7.48. The summed E-state index contributed by atoms with van der Waals surface area (Å²) in [4.78, 5) is 11.9. The fraction of sp³-hybridized carbons (Fsp3) is 0.923. The van der Waals surface area contributed by atoms with E-state index in [9.17, 15) is 4.79 Å². The van der Waals surface area contributed by atoms with E-state index >= 15 is 0 Å². The van der Waals surface area contributed by atoms with Crippen LogP contribution in [0, 0.1) is 23.2 Å². The molecule has 16 heavy (non-hydrogen) atoms. The predicted molar refractivity (Wildman–Crippen MR) is 62.7 cm³/mol. The number of nitrogens with two attached hydrogens (primary N) is 1. The number of fused-ring (bicyclic) bond motifs is 4. The van der Waals surface area contributed by atoms with Crippen molar-refractivity contribution in [1.29, 1.82) is 0 Å². The summed E-state index contributed by atoms with van der Waals surface area (Å²) in [5.74, 6) is 1.66. The van der Waals surface area contributed by atoms with Gasteiger partial charge in [0.2, 0.25) is 0 Å². The van der Waals surface area contributed by atoms with Gasteiger partial charge in [-0.2, -0.15) is 0 Å².